The van der Waals surface area contributed by atoms with Crippen LogP contribution >= 0.6 is 0 Å². The number of aliphatic carboxylic acids is 1. The van der Waals surface area contributed by atoms with Gasteiger partial charge in [-0.05, 0) is 18.3 Å². The van der Waals surface area contributed by atoms with E-state index in [-0.39, 0.29) is 0 Å². The smallest absolute Gasteiger partial charge is 0.329 e. The van der Waals surface area contributed by atoms with Crippen LogP contribution in [0.25, 0.3) is 0 Å². The fourth-order valence-electron chi connectivity index (χ4n) is 1.41. The van der Waals surface area contributed by atoms with Crippen molar-refractivity contribution < 1.29 is 9.90 Å². The predicted octanol–water partition coefficient (Wildman–Crippen LogP) is 1.36. The maximum Gasteiger partial charge on any atom is 0.329 e. The van der Waals surface area contributed by atoms with Gasteiger partial charge < -0.3 is 10.4 Å². The van der Waals surface area contributed by atoms with Crippen molar-refractivity contribution in [2.24, 2.45) is 5.41 Å². The molecule has 0 saturated heterocycles. The molecule has 1 unspecified atom stereocenters. The Hall–Kier alpha value is -0.990. The van der Waals surface area contributed by atoms with Crippen molar-refractivity contribution in [3.63, 3.8) is 0 Å². The molecule has 68 valence electrons. The molecular formula is C9H15NO2. The Kier molecular flexibility index (Phi) is 2.40. The summed E-state index contributed by atoms with van der Waals surface area (Å²) in [5.41, 5.74) is 0.322. The summed E-state index contributed by atoms with van der Waals surface area (Å²) >= 11 is 0. The summed E-state index contributed by atoms with van der Waals surface area (Å²) in [6.07, 6.45) is 5.00. The quantitative estimate of drug-likeness (QED) is 0.627. The monoisotopic (exact) mass is 169 g/mol. The van der Waals surface area contributed by atoms with Crippen molar-refractivity contribution in [2.75, 3.05) is 0 Å². The molecule has 2 N–H and O–H groups in total. The van der Waals surface area contributed by atoms with E-state index in [0.717, 1.165) is 12.5 Å². The van der Waals surface area contributed by atoms with Gasteiger partial charge in [0.25, 0.3) is 0 Å². The number of rotatable bonds is 3. The molecule has 1 atom stereocenters. The molecule has 0 aromatic heterocycles. The van der Waals surface area contributed by atoms with Gasteiger partial charge in [-0.3, -0.25) is 0 Å². The van der Waals surface area contributed by atoms with Crippen molar-refractivity contribution in [3.8, 4) is 0 Å². The van der Waals surface area contributed by atoms with Gasteiger partial charge in [0.2, 0.25) is 0 Å². The lowest BCUT2D eigenvalue weighted by Crippen LogP contribution is -2.47. The zero-order valence-corrected chi connectivity index (χ0v) is 7.50. The first-order valence-electron chi connectivity index (χ1n) is 4.18. The van der Waals surface area contributed by atoms with Crippen molar-refractivity contribution in [1.29, 1.82) is 0 Å². The van der Waals surface area contributed by atoms with Crippen LogP contribution in [0.15, 0.2) is 12.3 Å². The van der Waals surface area contributed by atoms with Gasteiger partial charge >= 0.3 is 5.97 Å². The number of carboxylic acids is 1. The highest BCUT2D eigenvalue weighted by Crippen LogP contribution is 2.39. The van der Waals surface area contributed by atoms with Gasteiger partial charge in [-0.15, -0.1) is 0 Å². The summed E-state index contributed by atoms with van der Waals surface area (Å²) in [4.78, 5) is 10.1. The summed E-state index contributed by atoms with van der Waals surface area (Å²) in [7, 11) is 0. The fourth-order valence-corrected chi connectivity index (χ4v) is 1.41. The largest absolute Gasteiger partial charge is 0.478 e. The number of hydrogen-bond donors (Lipinski definition) is 2. The standard InChI is InChI=1S/C9H15NO2/c1-9(2)5-3-7(9)10-6-4-8(11)12/h4,6-7,10H,3,5H2,1-2H3,(H,11,12)/b6-4+. The average Bonchev–Trinajstić information content (AvgIpc) is 1.95. The van der Waals surface area contributed by atoms with E-state index >= 15 is 0 Å². The van der Waals surface area contributed by atoms with E-state index in [9.17, 15) is 4.79 Å². The van der Waals surface area contributed by atoms with Crippen LogP contribution in [-0.2, 0) is 4.79 Å². The Labute approximate surface area is 72.5 Å². The molecule has 12 heavy (non-hydrogen) atoms. The molecule has 3 nitrogen and oxygen atoms in total. The number of carboxylic acid groups (broad SMARTS) is 1. The molecule has 0 aromatic carbocycles. The van der Waals surface area contributed by atoms with Gasteiger partial charge in [0.15, 0.2) is 0 Å². The van der Waals surface area contributed by atoms with Gasteiger partial charge in [0.1, 0.15) is 0 Å². The minimum atomic E-state index is -0.903. The van der Waals surface area contributed by atoms with E-state index in [4.69, 9.17) is 5.11 Å². The number of carbonyl (C=O) groups is 1. The summed E-state index contributed by atoms with van der Waals surface area (Å²) < 4.78 is 0. The van der Waals surface area contributed by atoms with E-state index in [1.807, 2.05) is 0 Å². The third-order valence-corrected chi connectivity index (χ3v) is 2.54. The third kappa shape index (κ3) is 2.00. The highest BCUT2D eigenvalue weighted by atomic mass is 16.4. The Morgan fingerprint density at radius 1 is 1.67 bits per heavy atom. The SMILES string of the molecule is CC1(C)CCC1N/C=C/C(=O)O. The van der Waals surface area contributed by atoms with Gasteiger partial charge in [0, 0.05) is 18.3 Å². The molecule has 0 amide bonds. The molecule has 0 radical (unpaired) electrons. The Balaban J connectivity index is 2.29. The van der Waals surface area contributed by atoms with Gasteiger partial charge in [-0.25, -0.2) is 4.79 Å². The Morgan fingerprint density at radius 2 is 2.33 bits per heavy atom. The lowest BCUT2D eigenvalue weighted by molar-refractivity contribution is -0.131. The first-order valence-corrected chi connectivity index (χ1v) is 4.18. The average molecular weight is 169 g/mol. The summed E-state index contributed by atoms with van der Waals surface area (Å²) in [6.45, 7) is 4.37. The first-order chi connectivity index (χ1) is 5.52. The Bertz CT molecular complexity index is 209. The molecule has 0 aromatic rings. The summed E-state index contributed by atoms with van der Waals surface area (Å²) in [6, 6.07) is 0.438. The minimum absolute atomic E-state index is 0.322. The van der Waals surface area contributed by atoms with E-state index < -0.39 is 5.97 Å². The zero-order valence-electron chi connectivity index (χ0n) is 7.50. The van der Waals surface area contributed by atoms with E-state index in [0.29, 0.717) is 11.5 Å². The molecule has 0 bridgehead atoms. The van der Waals surface area contributed by atoms with Crippen LogP contribution < -0.4 is 5.32 Å². The van der Waals surface area contributed by atoms with Crippen LogP contribution in [-0.4, -0.2) is 17.1 Å². The summed E-state index contributed by atoms with van der Waals surface area (Å²) in [5.74, 6) is -0.903. The Morgan fingerprint density at radius 3 is 2.67 bits per heavy atom. The first kappa shape index (κ1) is 9.10. The second kappa shape index (κ2) is 3.17. The van der Waals surface area contributed by atoms with Crippen molar-refractivity contribution >= 4 is 5.97 Å². The molecule has 0 heterocycles. The van der Waals surface area contributed by atoms with Gasteiger partial charge in [-0.2, -0.15) is 0 Å². The fraction of sp³-hybridized carbons (Fsp3) is 0.667. The zero-order chi connectivity index (χ0) is 9.19. The van der Waals surface area contributed by atoms with Crippen LogP contribution in [0.5, 0.6) is 0 Å². The lowest BCUT2D eigenvalue weighted by atomic mass is 9.67. The molecule has 3 heteroatoms. The molecule has 1 aliphatic rings. The van der Waals surface area contributed by atoms with Crippen LogP contribution in [0.3, 0.4) is 0 Å². The third-order valence-electron chi connectivity index (χ3n) is 2.54. The predicted molar refractivity (Wildman–Crippen MR) is 46.7 cm³/mol. The second-order valence-electron chi connectivity index (χ2n) is 3.92. The molecule has 1 saturated carbocycles. The van der Waals surface area contributed by atoms with E-state index in [2.05, 4.69) is 19.2 Å². The topological polar surface area (TPSA) is 49.3 Å². The maximum absolute atomic E-state index is 10.1. The molecule has 1 aliphatic carbocycles. The lowest BCUT2D eigenvalue weighted by Gasteiger charge is -2.44. The summed E-state index contributed by atoms with van der Waals surface area (Å²) in [5, 5.41) is 11.4. The van der Waals surface area contributed by atoms with Crippen LogP contribution in [0.4, 0.5) is 0 Å². The van der Waals surface area contributed by atoms with Crippen LogP contribution in [0.1, 0.15) is 26.7 Å². The number of nitrogens with one attached hydrogen (secondary N) is 1. The second-order valence-corrected chi connectivity index (χ2v) is 3.92. The van der Waals surface area contributed by atoms with Gasteiger partial charge in [-0.1, -0.05) is 13.8 Å². The van der Waals surface area contributed by atoms with Crippen LogP contribution in [0, 0.1) is 5.41 Å². The molecular weight excluding hydrogens is 154 g/mol. The normalized spacial score (nSPS) is 26.7. The highest BCUT2D eigenvalue weighted by Gasteiger charge is 2.37. The van der Waals surface area contributed by atoms with E-state index in [1.165, 1.54) is 12.6 Å². The van der Waals surface area contributed by atoms with Crippen LogP contribution in [0.2, 0.25) is 0 Å². The van der Waals surface area contributed by atoms with Gasteiger partial charge in [0.05, 0.1) is 0 Å². The van der Waals surface area contributed by atoms with Crippen molar-refractivity contribution in [2.45, 2.75) is 32.7 Å². The maximum atomic E-state index is 10.1. The highest BCUT2D eigenvalue weighted by molar-refractivity contribution is 5.79. The van der Waals surface area contributed by atoms with Crippen molar-refractivity contribution in [1.82, 2.24) is 5.32 Å². The number of hydrogen-bond acceptors (Lipinski definition) is 2. The van der Waals surface area contributed by atoms with E-state index in [1.54, 1.807) is 0 Å². The molecule has 1 rings (SSSR count). The molecule has 1 fully saturated rings. The molecule has 0 spiro atoms. The van der Waals surface area contributed by atoms with Crippen molar-refractivity contribution in [3.05, 3.63) is 12.3 Å². The minimum Gasteiger partial charge on any atom is -0.478 e. The molecule has 0 aliphatic heterocycles.